The molecule has 0 unspecified atom stereocenters. The molecule has 0 aliphatic carbocycles. The molecule has 17 heavy (non-hydrogen) atoms. The van der Waals surface area contributed by atoms with Gasteiger partial charge in [-0.05, 0) is 22.9 Å². The highest BCUT2D eigenvalue weighted by Gasteiger charge is 2.17. The van der Waals surface area contributed by atoms with E-state index in [1.807, 2.05) is 0 Å². The van der Waals surface area contributed by atoms with E-state index in [2.05, 4.69) is 26.2 Å². The van der Waals surface area contributed by atoms with Crippen LogP contribution in [0.2, 0.25) is 0 Å². The molecule has 0 saturated heterocycles. The van der Waals surface area contributed by atoms with Crippen LogP contribution in [0.1, 0.15) is 6.92 Å². The first-order valence-electron chi connectivity index (χ1n) is 4.73. The summed E-state index contributed by atoms with van der Waals surface area (Å²) in [5.41, 5.74) is 0.00160. The standard InChI is InChI=1S/C9H10BrN3O4/c1-2-17-8(14)5-12-9-6(10)3-11-4-7(9)13(15)16/h3-4H,2,5H2,1H3,(H,11,12). The SMILES string of the molecule is CCOC(=O)CNc1c(Br)cncc1[N+](=O)[O-]. The summed E-state index contributed by atoms with van der Waals surface area (Å²) < 4.78 is 5.11. The van der Waals surface area contributed by atoms with Crippen LogP contribution in [0.25, 0.3) is 0 Å². The molecule has 1 aromatic heterocycles. The van der Waals surface area contributed by atoms with Crippen molar-refractivity contribution in [3.8, 4) is 0 Å². The quantitative estimate of drug-likeness (QED) is 0.506. The lowest BCUT2D eigenvalue weighted by Gasteiger charge is -2.07. The number of esters is 1. The molecular weight excluding hydrogens is 294 g/mol. The molecule has 1 aromatic rings. The second-order valence-corrected chi connectivity index (χ2v) is 3.79. The average Bonchev–Trinajstić information content (AvgIpc) is 2.27. The highest BCUT2D eigenvalue weighted by atomic mass is 79.9. The fraction of sp³-hybridized carbons (Fsp3) is 0.333. The van der Waals surface area contributed by atoms with E-state index in [0.29, 0.717) is 4.47 Å². The number of hydrogen-bond acceptors (Lipinski definition) is 6. The van der Waals surface area contributed by atoms with Crippen LogP contribution in [0.5, 0.6) is 0 Å². The molecule has 0 spiro atoms. The zero-order valence-electron chi connectivity index (χ0n) is 8.97. The number of halogens is 1. The fourth-order valence-electron chi connectivity index (χ4n) is 1.11. The van der Waals surface area contributed by atoms with Gasteiger partial charge in [-0.1, -0.05) is 0 Å². The maximum absolute atomic E-state index is 11.1. The largest absolute Gasteiger partial charge is 0.465 e. The number of nitro groups is 1. The summed E-state index contributed by atoms with van der Waals surface area (Å²) in [5.74, 6) is -0.481. The molecule has 1 rings (SSSR count). The fourth-order valence-corrected chi connectivity index (χ4v) is 1.57. The van der Waals surface area contributed by atoms with Gasteiger partial charge in [0.25, 0.3) is 0 Å². The first-order valence-corrected chi connectivity index (χ1v) is 5.53. The molecule has 0 aromatic carbocycles. The van der Waals surface area contributed by atoms with Crippen LogP contribution in [0, 0.1) is 10.1 Å². The van der Waals surface area contributed by atoms with Crippen molar-refractivity contribution in [2.75, 3.05) is 18.5 Å². The number of ether oxygens (including phenoxy) is 1. The Morgan fingerprint density at radius 3 is 2.94 bits per heavy atom. The third-order valence-corrected chi connectivity index (χ3v) is 2.39. The maximum atomic E-state index is 11.1. The van der Waals surface area contributed by atoms with Crippen molar-refractivity contribution in [1.29, 1.82) is 0 Å². The van der Waals surface area contributed by atoms with Crippen molar-refractivity contribution in [2.24, 2.45) is 0 Å². The highest BCUT2D eigenvalue weighted by Crippen LogP contribution is 2.30. The molecule has 0 aliphatic rings. The molecule has 0 atom stereocenters. The van der Waals surface area contributed by atoms with Crippen LogP contribution in [-0.4, -0.2) is 29.0 Å². The van der Waals surface area contributed by atoms with Crippen molar-refractivity contribution in [2.45, 2.75) is 6.92 Å². The van der Waals surface area contributed by atoms with Crippen molar-refractivity contribution >= 4 is 33.3 Å². The Bertz CT molecular complexity index is 438. The lowest BCUT2D eigenvalue weighted by molar-refractivity contribution is -0.384. The number of pyridine rings is 1. The van der Waals surface area contributed by atoms with Gasteiger partial charge in [0.15, 0.2) is 0 Å². The number of nitrogens with zero attached hydrogens (tertiary/aromatic N) is 2. The van der Waals surface area contributed by atoms with Gasteiger partial charge in [0.1, 0.15) is 18.4 Å². The summed E-state index contributed by atoms with van der Waals surface area (Å²) >= 11 is 3.12. The van der Waals surface area contributed by atoms with Crippen LogP contribution >= 0.6 is 15.9 Å². The summed E-state index contributed by atoms with van der Waals surface area (Å²) in [6.45, 7) is 1.81. The van der Waals surface area contributed by atoms with Crippen LogP contribution in [0.4, 0.5) is 11.4 Å². The van der Waals surface area contributed by atoms with Crippen LogP contribution in [0.15, 0.2) is 16.9 Å². The second kappa shape index (κ2) is 6.14. The summed E-state index contributed by atoms with van der Waals surface area (Å²) in [6.07, 6.45) is 2.51. The first-order chi connectivity index (χ1) is 8.06. The Hall–Kier alpha value is -1.70. The van der Waals surface area contributed by atoms with Gasteiger partial charge in [0, 0.05) is 6.20 Å². The summed E-state index contributed by atoms with van der Waals surface area (Å²) in [4.78, 5) is 25.0. The van der Waals surface area contributed by atoms with Crippen molar-refractivity contribution in [1.82, 2.24) is 4.98 Å². The van der Waals surface area contributed by atoms with Crippen LogP contribution in [0.3, 0.4) is 0 Å². The van der Waals surface area contributed by atoms with Gasteiger partial charge in [0.2, 0.25) is 0 Å². The predicted molar refractivity (Wildman–Crippen MR) is 63.7 cm³/mol. The molecule has 0 saturated carbocycles. The average molecular weight is 304 g/mol. The molecule has 0 aliphatic heterocycles. The monoisotopic (exact) mass is 303 g/mol. The number of hydrogen-bond donors (Lipinski definition) is 1. The number of anilines is 1. The van der Waals surface area contributed by atoms with E-state index in [0.717, 1.165) is 6.20 Å². The zero-order chi connectivity index (χ0) is 12.8. The minimum Gasteiger partial charge on any atom is -0.465 e. The van der Waals surface area contributed by atoms with E-state index in [1.54, 1.807) is 6.92 Å². The molecule has 1 N–H and O–H groups in total. The second-order valence-electron chi connectivity index (χ2n) is 2.93. The Balaban J connectivity index is 2.82. The number of nitrogens with one attached hydrogen (secondary N) is 1. The van der Waals surface area contributed by atoms with E-state index in [9.17, 15) is 14.9 Å². The van der Waals surface area contributed by atoms with Crippen LogP contribution in [-0.2, 0) is 9.53 Å². The normalized spacial score (nSPS) is 9.76. The van der Waals surface area contributed by atoms with Gasteiger partial charge in [-0.2, -0.15) is 0 Å². The topological polar surface area (TPSA) is 94.4 Å². The lowest BCUT2D eigenvalue weighted by Crippen LogP contribution is -2.17. The third kappa shape index (κ3) is 3.66. The Morgan fingerprint density at radius 2 is 2.35 bits per heavy atom. The molecule has 8 heteroatoms. The molecule has 92 valence electrons. The smallest absolute Gasteiger partial charge is 0.325 e. The van der Waals surface area contributed by atoms with Gasteiger partial charge in [0.05, 0.1) is 16.0 Å². The number of rotatable bonds is 5. The summed E-state index contributed by atoms with van der Waals surface area (Å²) in [7, 11) is 0. The number of carbonyl (C=O) groups is 1. The van der Waals surface area contributed by atoms with Gasteiger partial charge in [-0.25, -0.2) is 0 Å². The third-order valence-electron chi connectivity index (χ3n) is 1.79. The number of aromatic nitrogens is 1. The van der Waals surface area contributed by atoms with Crippen LogP contribution < -0.4 is 5.32 Å². The van der Waals surface area contributed by atoms with Crippen molar-refractivity contribution < 1.29 is 14.5 Å². The molecular formula is C9H10BrN3O4. The molecule has 1 heterocycles. The summed E-state index contributed by atoms with van der Waals surface area (Å²) in [5, 5.41) is 13.4. The van der Waals surface area contributed by atoms with E-state index in [-0.39, 0.29) is 24.5 Å². The van der Waals surface area contributed by atoms with Gasteiger partial charge >= 0.3 is 11.7 Å². The predicted octanol–water partition coefficient (Wildman–Crippen LogP) is 1.73. The molecule has 0 amide bonds. The van der Waals surface area contributed by atoms with E-state index < -0.39 is 10.9 Å². The minimum absolute atomic E-state index is 0.142. The van der Waals surface area contributed by atoms with Crippen molar-refractivity contribution in [3.05, 3.63) is 27.0 Å². The maximum Gasteiger partial charge on any atom is 0.325 e. The van der Waals surface area contributed by atoms with Gasteiger partial charge in [-0.15, -0.1) is 0 Å². The summed E-state index contributed by atoms with van der Waals surface area (Å²) in [6, 6.07) is 0. The Morgan fingerprint density at radius 1 is 1.65 bits per heavy atom. The Kier molecular flexibility index (Phi) is 4.83. The van der Waals surface area contributed by atoms with E-state index >= 15 is 0 Å². The van der Waals surface area contributed by atoms with E-state index in [1.165, 1.54) is 6.20 Å². The highest BCUT2D eigenvalue weighted by molar-refractivity contribution is 9.10. The molecule has 7 nitrogen and oxygen atoms in total. The molecule has 0 bridgehead atoms. The van der Waals surface area contributed by atoms with Gasteiger partial charge < -0.3 is 10.1 Å². The Labute approximate surface area is 105 Å². The van der Waals surface area contributed by atoms with Gasteiger partial charge in [-0.3, -0.25) is 19.9 Å². The minimum atomic E-state index is -0.578. The number of carbonyl (C=O) groups excluding carboxylic acids is 1. The molecule has 0 fully saturated rings. The lowest BCUT2D eigenvalue weighted by atomic mass is 10.3. The zero-order valence-corrected chi connectivity index (χ0v) is 10.6. The van der Waals surface area contributed by atoms with E-state index in [4.69, 9.17) is 4.74 Å². The molecule has 0 radical (unpaired) electrons. The first kappa shape index (κ1) is 13.4. The van der Waals surface area contributed by atoms with Crippen molar-refractivity contribution in [3.63, 3.8) is 0 Å².